The minimum Gasteiger partial charge on any atom is -0.300 e. The van der Waals surface area contributed by atoms with Crippen molar-refractivity contribution in [1.29, 1.82) is 0 Å². The number of hydrogen-bond donors (Lipinski definition) is 2. The molecule has 8 heteroatoms. The Hall–Kier alpha value is -2.22. The first-order valence-electron chi connectivity index (χ1n) is 5.97. The number of benzene rings is 2. The molecular formula is C14H9F5N2S. The van der Waals surface area contributed by atoms with Crippen LogP contribution in [-0.2, 0) is 6.18 Å². The van der Waals surface area contributed by atoms with Gasteiger partial charge in [-0.1, -0.05) is 30.4 Å². The Morgan fingerprint density at radius 3 is 2.09 bits per heavy atom. The highest BCUT2D eigenvalue weighted by atomic mass is 32.1. The molecule has 116 valence electrons. The quantitative estimate of drug-likeness (QED) is 0.498. The average molecular weight is 332 g/mol. The summed E-state index contributed by atoms with van der Waals surface area (Å²) in [5.41, 5.74) is 2.68. The Balaban J connectivity index is 2.19. The highest BCUT2D eigenvalue weighted by Gasteiger charge is 2.33. The summed E-state index contributed by atoms with van der Waals surface area (Å²) < 4.78 is 65.4. The molecule has 0 aromatic heterocycles. The third-order valence-corrected chi connectivity index (χ3v) is 3.04. The van der Waals surface area contributed by atoms with E-state index in [4.69, 9.17) is 12.2 Å². The molecule has 0 aliphatic heterocycles. The van der Waals surface area contributed by atoms with Crippen LogP contribution in [0.2, 0.25) is 0 Å². The number of anilines is 1. The lowest BCUT2D eigenvalue weighted by atomic mass is 10.2. The Labute approximate surface area is 127 Å². The van der Waals surface area contributed by atoms with Gasteiger partial charge in [0.15, 0.2) is 0 Å². The fourth-order valence-corrected chi connectivity index (χ4v) is 1.99. The molecule has 2 rings (SSSR count). The third-order valence-electron chi connectivity index (χ3n) is 2.73. The molecule has 0 heterocycles. The van der Waals surface area contributed by atoms with Crippen molar-refractivity contribution in [3.63, 3.8) is 0 Å². The minimum atomic E-state index is -4.57. The van der Waals surface area contributed by atoms with Gasteiger partial charge in [-0.05, 0) is 24.3 Å². The van der Waals surface area contributed by atoms with Crippen molar-refractivity contribution in [2.75, 3.05) is 5.43 Å². The summed E-state index contributed by atoms with van der Waals surface area (Å²) in [6.07, 6.45) is -4.57. The molecule has 0 bridgehead atoms. The molecular weight excluding hydrogens is 323 g/mol. The molecule has 2 N–H and O–H groups in total. The number of thiocarbonyl (C=S) groups is 1. The van der Waals surface area contributed by atoms with Gasteiger partial charge >= 0.3 is 6.18 Å². The second-order valence-corrected chi connectivity index (χ2v) is 4.63. The summed E-state index contributed by atoms with van der Waals surface area (Å²) in [6.45, 7) is 0. The van der Waals surface area contributed by atoms with Crippen LogP contribution in [0, 0.1) is 11.6 Å². The van der Waals surface area contributed by atoms with E-state index in [9.17, 15) is 22.0 Å². The van der Waals surface area contributed by atoms with Crippen molar-refractivity contribution < 1.29 is 22.0 Å². The number of hydrogen-bond acceptors (Lipinski definition) is 2. The molecule has 0 spiro atoms. The van der Waals surface area contributed by atoms with Gasteiger partial charge in [0.2, 0.25) is 0 Å². The van der Waals surface area contributed by atoms with Crippen LogP contribution < -0.4 is 10.9 Å². The topological polar surface area (TPSA) is 24.1 Å². The Morgan fingerprint density at radius 1 is 0.909 bits per heavy atom. The summed E-state index contributed by atoms with van der Waals surface area (Å²) in [7, 11) is 0. The molecule has 22 heavy (non-hydrogen) atoms. The monoisotopic (exact) mass is 332 g/mol. The molecule has 0 saturated carbocycles. The fraction of sp³-hybridized carbons (Fsp3) is 0.0714. The number of halogens is 5. The normalized spacial score (nSPS) is 11.1. The number of rotatable bonds is 3. The molecule has 2 aromatic rings. The molecule has 0 aliphatic rings. The molecule has 0 saturated heterocycles. The minimum absolute atomic E-state index is 0.311. The van der Waals surface area contributed by atoms with Crippen molar-refractivity contribution >= 4 is 22.9 Å². The third kappa shape index (κ3) is 3.51. The van der Waals surface area contributed by atoms with Crippen LogP contribution in [0.3, 0.4) is 0 Å². The SMILES string of the molecule is Fc1cccc(F)c1C(=S)NNc1ccccc1C(F)(F)F. The molecule has 0 radical (unpaired) electrons. The van der Waals surface area contributed by atoms with Crippen molar-refractivity contribution in [1.82, 2.24) is 5.43 Å². The lowest BCUT2D eigenvalue weighted by molar-refractivity contribution is -0.137. The Kier molecular flexibility index (Phi) is 4.60. The second-order valence-electron chi connectivity index (χ2n) is 4.22. The van der Waals surface area contributed by atoms with Gasteiger partial charge in [-0.15, -0.1) is 0 Å². The predicted octanol–water partition coefficient (Wildman–Crippen LogP) is 4.28. The molecule has 0 fully saturated rings. The van der Waals surface area contributed by atoms with E-state index in [0.717, 1.165) is 30.3 Å². The van der Waals surface area contributed by atoms with Gasteiger partial charge in [-0.3, -0.25) is 10.9 Å². The highest BCUT2D eigenvalue weighted by Crippen LogP contribution is 2.34. The second kappa shape index (κ2) is 6.27. The molecule has 2 aromatic carbocycles. The zero-order valence-corrected chi connectivity index (χ0v) is 11.7. The summed E-state index contributed by atoms with van der Waals surface area (Å²) in [5.74, 6) is -1.83. The lowest BCUT2D eigenvalue weighted by Gasteiger charge is -2.16. The Bertz CT molecular complexity index is 680. The van der Waals surface area contributed by atoms with Crippen LogP contribution in [-0.4, -0.2) is 4.99 Å². The first kappa shape index (κ1) is 16.2. The van der Waals surface area contributed by atoms with E-state index < -0.39 is 33.9 Å². The van der Waals surface area contributed by atoms with Gasteiger partial charge in [0, 0.05) is 0 Å². The number of nitrogens with one attached hydrogen (secondary N) is 2. The Morgan fingerprint density at radius 2 is 1.50 bits per heavy atom. The maximum atomic E-state index is 13.5. The molecule has 2 nitrogen and oxygen atoms in total. The van der Waals surface area contributed by atoms with E-state index in [-0.39, 0.29) is 5.69 Å². The lowest BCUT2D eigenvalue weighted by Crippen LogP contribution is -2.31. The van der Waals surface area contributed by atoms with Gasteiger partial charge in [-0.25, -0.2) is 8.78 Å². The maximum absolute atomic E-state index is 13.5. The maximum Gasteiger partial charge on any atom is 0.418 e. The first-order valence-corrected chi connectivity index (χ1v) is 6.38. The van der Waals surface area contributed by atoms with E-state index in [2.05, 4.69) is 10.9 Å². The van der Waals surface area contributed by atoms with Gasteiger partial charge < -0.3 is 0 Å². The molecule has 0 aliphatic carbocycles. The number of hydrazine groups is 1. The summed E-state index contributed by atoms with van der Waals surface area (Å²) >= 11 is 4.80. The van der Waals surface area contributed by atoms with Crippen LogP contribution in [0.15, 0.2) is 42.5 Å². The summed E-state index contributed by atoms with van der Waals surface area (Å²) in [5, 5.41) is 0. The van der Waals surface area contributed by atoms with Gasteiger partial charge in [-0.2, -0.15) is 13.2 Å². The molecule has 0 unspecified atom stereocenters. The molecule has 0 amide bonds. The van der Waals surface area contributed by atoms with E-state index in [1.807, 2.05) is 0 Å². The average Bonchev–Trinajstić information content (AvgIpc) is 2.44. The molecule has 0 atom stereocenters. The van der Waals surface area contributed by atoms with Gasteiger partial charge in [0.1, 0.15) is 16.6 Å². The fourth-order valence-electron chi connectivity index (χ4n) is 1.74. The highest BCUT2D eigenvalue weighted by molar-refractivity contribution is 7.80. The van der Waals surface area contributed by atoms with Crippen molar-refractivity contribution in [2.24, 2.45) is 0 Å². The largest absolute Gasteiger partial charge is 0.418 e. The number of para-hydroxylation sites is 1. The zero-order valence-electron chi connectivity index (χ0n) is 10.8. The summed E-state index contributed by atoms with van der Waals surface area (Å²) in [4.78, 5) is -0.396. The van der Waals surface area contributed by atoms with Gasteiger partial charge in [0.25, 0.3) is 0 Å². The first-order chi connectivity index (χ1) is 10.3. The smallest absolute Gasteiger partial charge is 0.300 e. The van der Waals surface area contributed by atoms with E-state index >= 15 is 0 Å². The van der Waals surface area contributed by atoms with Crippen LogP contribution in [0.25, 0.3) is 0 Å². The predicted molar refractivity (Wildman–Crippen MR) is 76.3 cm³/mol. The van der Waals surface area contributed by atoms with Crippen molar-refractivity contribution in [3.8, 4) is 0 Å². The standard InChI is InChI=1S/C14H9F5N2S/c15-9-5-3-6-10(16)12(9)13(22)21-20-11-7-2-1-4-8(11)14(17,18)19/h1-7,20H,(H,21,22). The van der Waals surface area contributed by atoms with Crippen LogP contribution >= 0.6 is 12.2 Å². The number of alkyl halides is 3. The zero-order chi connectivity index (χ0) is 16.3. The van der Waals surface area contributed by atoms with Crippen molar-refractivity contribution in [3.05, 3.63) is 65.2 Å². The van der Waals surface area contributed by atoms with E-state index in [1.165, 1.54) is 12.1 Å². The van der Waals surface area contributed by atoms with Crippen LogP contribution in [0.1, 0.15) is 11.1 Å². The van der Waals surface area contributed by atoms with Crippen LogP contribution in [0.4, 0.5) is 27.6 Å². The summed E-state index contributed by atoms with van der Waals surface area (Å²) in [6, 6.07) is 7.79. The van der Waals surface area contributed by atoms with E-state index in [0.29, 0.717) is 0 Å². The van der Waals surface area contributed by atoms with Crippen LogP contribution in [0.5, 0.6) is 0 Å². The van der Waals surface area contributed by atoms with Gasteiger partial charge in [0.05, 0.1) is 16.8 Å². The van der Waals surface area contributed by atoms with E-state index in [1.54, 1.807) is 0 Å². The van der Waals surface area contributed by atoms with Crippen molar-refractivity contribution in [2.45, 2.75) is 6.18 Å².